The number of rotatable bonds is 6. The summed E-state index contributed by atoms with van der Waals surface area (Å²) in [6.07, 6.45) is 3.62. The predicted octanol–water partition coefficient (Wildman–Crippen LogP) is 2.14. The largest absolute Gasteiger partial charge is 0.354 e. The molecule has 2 unspecified atom stereocenters. The summed E-state index contributed by atoms with van der Waals surface area (Å²) >= 11 is 1.54. The van der Waals surface area contributed by atoms with E-state index < -0.39 is 0 Å². The molecule has 0 aliphatic heterocycles. The van der Waals surface area contributed by atoms with Crippen molar-refractivity contribution < 1.29 is 4.79 Å². The van der Waals surface area contributed by atoms with Gasteiger partial charge in [-0.05, 0) is 11.8 Å². The van der Waals surface area contributed by atoms with Crippen LogP contribution in [0.2, 0.25) is 0 Å². The Labute approximate surface area is 129 Å². The second-order valence-corrected chi connectivity index (χ2v) is 5.92. The van der Waals surface area contributed by atoms with Crippen LogP contribution in [-0.2, 0) is 11.8 Å². The summed E-state index contributed by atoms with van der Waals surface area (Å²) in [6.45, 7) is 2.58. The molecule has 2 aromatic rings. The Kier molecular flexibility index (Phi) is 5.38. The van der Waals surface area contributed by atoms with Crippen LogP contribution in [0.5, 0.6) is 0 Å². The monoisotopic (exact) mass is 304 g/mol. The fourth-order valence-electron chi connectivity index (χ4n) is 2.20. The van der Waals surface area contributed by atoms with Gasteiger partial charge < -0.3 is 9.88 Å². The first-order chi connectivity index (χ1) is 10.1. The molecule has 0 aliphatic rings. The van der Waals surface area contributed by atoms with Crippen molar-refractivity contribution in [3.05, 3.63) is 48.0 Å². The van der Waals surface area contributed by atoms with Gasteiger partial charge in [-0.25, -0.2) is 0 Å². The maximum Gasteiger partial charge on any atom is 0.237 e. The first kappa shape index (κ1) is 15.6. The zero-order chi connectivity index (χ0) is 15.2. The molecule has 0 saturated carbocycles. The Bertz CT molecular complexity index is 584. The van der Waals surface area contributed by atoms with E-state index in [0.717, 1.165) is 11.4 Å². The fourth-order valence-corrected chi connectivity index (χ4v) is 2.93. The highest BCUT2D eigenvalue weighted by Crippen LogP contribution is 2.26. The topological polar surface area (TPSA) is 59.8 Å². The normalized spacial score (nSPS) is 13.7. The van der Waals surface area contributed by atoms with E-state index in [1.54, 1.807) is 6.33 Å². The Morgan fingerprint density at radius 1 is 1.38 bits per heavy atom. The van der Waals surface area contributed by atoms with Gasteiger partial charge in [-0.15, -0.1) is 22.0 Å². The zero-order valence-electron chi connectivity index (χ0n) is 12.5. The zero-order valence-corrected chi connectivity index (χ0v) is 13.3. The van der Waals surface area contributed by atoms with Gasteiger partial charge in [-0.1, -0.05) is 37.3 Å². The summed E-state index contributed by atoms with van der Waals surface area (Å²) < 4.78 is 1.88. The maximum absolute atomic E-state index is 12.4. The molecule has 0 spiro atoms. The van der Waals surface area contributed by atoms with Crippen molar-refractivity contribution in [2.24, 2.45) is 7.05 Å². The molecular formula is C15H20N4OS. The van der Waals surface area contributed by atoms with Crippen molar-refractivity contribution in [3.63, 3.8) is 0 Å². The van der Waals surface area contributed by atoms with Crippen LogP contribution in [0.3, 0.4) is 0 Å². The SMILES string of the molecule is CSC(C(=O)NCC(C)c1nncn1C)c1ccccc1. The quantitative estimate of drug-likeness (QED) is 0.888. The van der Waals surface area contributed by atoms with Crippen molar-refractivity contribution in [2.45, 2.75) is 18.1 Å². The van der Waals surface area contributed by atoms with Crippen LogP contribution < -0.4 is 5.32 Å². The number of hydrogen-bond acceptors (Lipinski definition) is 4. The smallest absolute Gasteiger partial charge is 0.237 e. The number of thioether (sulfide) groups is 1. The summed E-state index contributed by atoms with van der Waals surface area (Å²) in [5.74, 6) is 1.03. The molecule has 1 aromatic heterocycles. The Balaban J connectivity index is 1.96. The molecule has 0 radical (unpaired) electrons. The van der Waals surface area contributed by atoms with E-state index in [9.17, 15) is 4.79 Å². The lowest BCUT2D eigenvalue weighted by Crippen LogP contribution is -2.31. The van der Waals surface area contributed by atoms with Crippen molar-refractivity contribution in [2.75, 3.05) is 12.8 Å². The second-order valence-electron chi connectivity index (χ2n) is 4.97. The minimum Gasteiger partial charge on any atom is -0.354 e. The number of hydrogen-bond donors (Lipinski definition) is 1. The molecule has 21 heavy (non-hydrogen) atoms. The van der Waals surface area contributed by atoms with E-state index in [1.807, 2.05) is 55.1 Å². The summed E-state index contributed by atoms with van der Waals surface area (Å²) in [5, 5.41) is 10.8. The molecule has 1 N–H and O–H groups in total. The molecule has 0 fully saturated rings. The average Bonchev–Trinajstić information content (AvgIpc) is 2.93. The summed E-state index contributed by atoms with van der Waals surface area (Å²) in [6, 6.07) is 9.82. The third kappa shape index (κ3) is 3.85. The van der Waals surface area contributed by atoms with Crippen molar-refractivity contribution in [1.29, 1.82) is 0 Å². The van der Waals surface area contributed by atoms with E-state index in [1.165, 1.54) is 11.8 Å². The van der Waals surface area contributed by atoms with Crippen molar-refractivity contribution >= 4 is 17.7 Å². The van der Waals surface area contributed by atoms with Crippen molar-refractivity contribution in [1.82, 2.24) is 20.1 Å². The molecule has 5 nitrogen and oxygen atoms in total. The van der Waals surface area contributed by atoms with Gasteiger partial charge in [0.2, 0.25) is 5.91 Å². The predicted molar refractivity (Wildman–Crippen MR) is 85.1 cm³/mol. The second kappa shape index (κ2) is 7.26. The molecule has 2 atom stereocenters. The van der Waals surface area contributed by atoms with Crippen LogP contribution in [0.15, 0.2) is 36.7 Å². The van der Waals surface area contributed by atoms with Gasteiger partial charge in [0.05, 0.1) is 0 Å². The highest BCUT2D eigenvalue weighted by Gasteiger charge is 2.20. The van der Waals surface area contributed by atoms with Crippen LogP contribution in [0.25, 0.3) is 0 Å². The molecule has 6 heteroatoms. The third-order valence-electron chi connectivity index (χ3n) is 3.35. The van der Waals surface area contributed by atoms with Gasteiger partial charge in [0.15, 0.2) is 0 Å². The van der Waals surface area contributed by atoms with Crippen LogP contribution in [-0.4, -0.2) is 33.5 Å². The highest BCUT2D eigenvalue weighted by atomic mass is 32.2. The average molecular weight is 304 g/mol. The van der Waals surface area contributed by atoms with E-state index in [4.69, 9.17) is 0 Å². The summed E-state index contributed by atoms with van der Waals surface area (Å²) in [5.41, 5.74) is 1.02. The summed E-state index contributed by atoms with van der Waals surface area (Å²) in [7, 11) is 1.91. The third-order valence-corrected chi connectivity index (χ3v) is 4.30. The molecule has 112 valence electrons. The standard InChI is InChI=1S/C15H20N4OS/c1-11(14-18-17-10-19(14)2)9-16-15(20)13(21-3)12-7-5-4-6-8-12/h4-8,10-11,13H,9H2,1-3H3,(H,16,20). The van der Waals surface area contributed by atoms with Gasteiger partial charge in [-0.3, -0.25) is 4.79 Å². The lowest BCUT2D eigenvalue weighted by Gasteiger charge is -2.17. The van der Waals surface area contributed by atoms with E-state index in [2.05, 4.69) is 15.5 Å². The maximum atomic E-state index is 12.4. The van der Waals surface area contributed by atoms with Crippen LogP contribution in [0.4, 0.5) is 0 Å². The number of carbonyl (C=O) groups excluding carboxylic acids is 1. The Morgan fingerprint density at radius 2 is 2.10 bits per heavy atom. The molecule has 1 amide bonds. The van der Waals surface area contributed by atoms with Gasteiger partial charge in [0.25, 0.3) is 0 Å². The first-order valence-electron chi connectivity index (χ1n) is 6.82. The molecular weight excluding hydrogens is 284 g/mol. The fraction of sp³-hybridized carbons (Fsp3) is 0.400. The molecule has 2 rings (SSSR count). The van der Waals surface area contributed by atoms with Gasteiger partial charge >= 0.3 is 0 Å². The molecule has 0 bridgehead atoms. The first-order valence-corrected chi connectivity index (χ1v) is 8.11. The number of benzene rings is 1. The van der Waals surface area contributed by atoms with E-state index in [0.29, 0.717) is 6.54 Å². The lowest BCUT2D eigenvalue weighted by molar-refractivity contribution is -0.120. The van der Waals surface area contributed by atoms with E-state index in [-0.39, 0.29) is 17.1 Å². The molecule has 0 aliphatic carbocycles. The van der Waals surface area contributed by atoms with Gasteiger partial charge in [0, 0.05) is 19.5 Å². The molecule has 1 heterocycles. The Hall–Kier alpha value is -1.82. The Morgan fingerprint density at radius 3 is 2.67 bits per heavy atom. The summed E-state index contributed by atoms with van der Waals surface area (Å²) in [4.78, 5) is 12.4. The van der Waals surface area contributed by atoms with Crippen LogP contribution in [0.1, 0.15) is 29.5 Å². The minimum atomic E-state index is -0.183. The van der Waals surface area contributed by atoms with Gasteiger partial charge in [0.1, 0.15) is 17.4 Å². The highest BCUT2D eigenvalue weighted by molar-refractivity contribution is 7.99. The molecule has 1 aromatic carbocycles. The number of nitrogens with one attached hydrogen (secondary N) is 1. The number of carbonyl (C=O) groups is 1. The van der Waals surface area contributed by atoms with Crippen molar-refractivity contribution in [3.8, 4) is 0 Å². The van der Waals surface area contributed by atoms with Crippen LogP contribution in [0, 0.1) is 0 Å². The minimum absolute atomic E-state index is 0.0303. The number of aryl methyl sites for hydroxylation is 1. The lowest BCUT2D eigenvalue weighted by atomic mass is 10.1. The van der Waals surface area contributed by atoms with Gasteiger partial charge in [-0.2, -0.15) is 0 Å². The number of amides is 1. The molecule has 0 saturated heterocycles. The van der Waals surface area contributed by atoms with Crippen LogP contribution >= 0.6 is 11.8 Å². The number of aromatic nitrogens is 3. The number of nitrogens with zero attached hydrogens (tertiary/aromatic N) is 3. The van der Waals surface area contributed by atoms with E-state index >= 15 is 0 Å².